The van der Waals surface area contributed by atoms with Gasteiger partial charge in [0.1, 0.15) is 12.2 Å². The summed E-state index contributed by atoms with van der Waals surface area (Å²) >= 11 is 0. The smallest absolute Gasteiger partial charge is 0.308 e. The fourth-order valence-corrected chi connectivity index (χ4v) is 3.89. The zero-order chi connectivity index (χ0) is 36.1. The van der Waals surface area contributed by atoms with Crippen molar-refractivity contribution in [3.05, 3.63) is 0 Å². The van der Waals surface area contributed by atoms with Crippen LogP contribution in [0.5, 0.6) is 0 Å². The highest BCUT2D eigenvalue weighted by Crippen LogP contribution is 2.14. The quantitative estimate of drug-likeness (QED) is 0.0678. The van der Waals surface area contributed by atoms with E-state index in [-0.39, 0.29) is 30.9 Å². The molecule has 0 aromatic heterocycles. The molecule has 14 nitrogen and oxygen atoms in total. The first kappa shape index (κ1) is 47.5. The van der Waals surface area contributed by atoms with E-state index in [0.29, 0.717) is 132 Å². The molecular formula is C35H68O14. The molecule has 0 heterocycles. The summed E-state index contributed by atoms with van der Waals surface area (Å²) in [5.74, 6) is -0.398. The van der Waals surface area contributed by atoms with Crippen LogP contribution < -0.4 is 0 Å². The zero-order valence-electron chi connectivity index (χ0n) is 31.2. The molecule has 49 heavy (non-hydrogen) atoms. The Kier molecular flexibility index (Phi) is 35.3. The largest absolute Gasteiger partial charge is 0.463 e. The van der Waals surface area contributed by atoms with E-state index in [1.165, 1.54) is 0 Å². The van der Waals surface area contributed by atoms with Gasteiger partial charge in [-0.2, -0.15) is 0 Å². The number of carbonyl (C=O) groups excluding carboxylic acids is 2. The van der Waals surface area contributed by atoms with Crippen LogP contribution in [0.25, 0.3) is 0 Å². The van der Waals surface area contributed by atoms with E-state index in [0.717, 1.165) is 25.7 Å². The number of rotatable bonds is 38. The van der Waals surface area contributed by atoms with E-state index in [9.17, 15) is 9.59 Å². The Labute approximate surface area is 295 Å². The van der Waals surface area contributed by atoms with Crippen LogP contribution in [-0.2, 0) is 66.4 Å². The molecule has 14 heteroatoms. The van der Waals surface area contributed by atoms with E-state index >= 15 is 0 Å². The van der Waals surface area contributed by atoms with Crippen molar-refractivity contribution in [3.63, 3.8) is 0 Å². The summed E-state index contributed by atoms with van der Waals surface area (Å²) in [6.45, 7) is 19.1. The molecule has 0 aromatic carbocycles. The van der Waals surface area contributed by atoms with Crippen LogP contribution in [0.2, 0.25) is 0 Å². The number of esters is 2. The second kappa shape index (κ2) is 36.3. The van der Waals surface area contributed by atoms with E-state index in [1.54, 1.807) is 0 Å². The molecule has 0 rings (SSSR count). The maximum Gasteiger partial charge on any atom is 0.308 e. The lowest BCUT2D eigenvalue weighted by Crippen LogP contribution is -2.24. The van der Waals surface area contributed by atoms with Gasteiger partial charge in [-0.25, -0.2) is 0 Å². The van der Waals surface area contributed by atoms with Crippen LogP contribution in [0.4, 0.5) is 0 Å². The van der Waals surface area contributed by atoms with Crippen molar-refractivity contribution in [3.8, 4) is 0 Å². The SMILES string of the molecule is CCCCC(CC)C(=O)OCCOCCOCCOCCOCCOCCOCCOCCOCCOCCOCCC(=O)OC(C)(C)C. The summed E-state index contributed by atoms with van der Waals surface area (Å²) < 4.78 is 65.0. The third kappa shape index (κ3) is 37.6. The molecule has 0 aliphatic heterocycles. The van der Waals surface area contributed by atoms with Gasteiger partial charge in [-0.05, 0) is 33.6 Å². The molecule has 0 spiro atoms. The van der Waals surface area contributed by atoms with Crippen LogP contribution in [0.3, 0.4) is 0 Å². The number of unbranched alkanes of at least 4 members (excludes halogenated alkanes) is 1. The van der Waals surface area contributed by atoms with E-state index in [1.807, 2.05) is 27.7 Å². The highest BCUT2D eigenvalue weighted by atomic mass is 16.6. The maximum atomic E-state index is 12.0. The van der Waals surface area contributed by atoms with Gasteiger partial charge in [0.25, 0.3) is 0 Å². The first-order valence-electron chi connectivity index (χ1n) is 18.0. The number of hydrogen-bond acceptors (Lipinski definition) is 14. The molecule has 0 bridgehead atoms. The van der Waals surface area contributed by atoms with E-state index < -0.39 is 5.60 Å². The molecule has 0 aromatic rings. The fourth-order valence-electron chi connectivity index (χ4n) is 3.89. The van der Waals surface area contributed by atoms with Gasteiger partial charge in [-0.15, -0.1) is 0 Å². The monoisotopic (exact) mass is 712 g/mol. The Balaban J connectivity index is 3.18. The van der Waals surface area contributed by atoms with Crippen molar-refractivity contribution >= 4 is 11.9 Å². The molecule has 1 atom stereocenters. The van der Waals surface area contributed by atoms with Crippen LogP contribution in [0, 0.1) is 5.92 Å². The van der Waals surface area contributed by atoms with Crippen LogP contribution >= 0.6 is 0 Å². The molecule has 0 aliphatic carbocycles. The predicted octanol–water partition coefficient (Wildman–Crippen LogP) is 3.64. The second-order valence-corrected chi connectivity index (χ2v) is 11.9. The molecule has 0 N–H and O–H groups in total. The minimum Gasteiger partial charge on any atom is -0.463 e. The Morgan fingerprint density at radius 2 is 0.776 bits per heavy atom. The van der Waals surface area contributed by atoms with Crippen molar-refractivity contribution in [2.45, 2.75) is 72.3 Å². The van der Waals surface area contributed by atoms with Gasteiger partial charge in [0.05, 0.1) is 144 Å². The summed E-state index contributed by atoms with van der Waals surface area (Å²) in [7, 11) is 0. The summed E-state index contributed by atoms with van der Waals surface area (Å²) in [5, 5.41) is 0. The van der Waals surface area contributed by atoms with Gasteiger partial charge < -0.3 is 56.8 Å². The first-order valence-corrected chi connectivity index (χ1v) is 18.0. The third-order valence-electron chi connectivity index (χ3n) is 6.42. The molecule has 1 unspecified atom stereocenters. The third-order valence-corrected chi connectivity index (χ3v) is 6.42. The summed E-state index contributed by atoms with van der Waals surface area (Å²) in [6.07, 6.45) is 4.05. The van der Waals surface area contributed by atoms with Gasteiger partial charge in [-0.3, -0.25) is 9.59 Å². The highest BCUT2D eigenvalue weighted by molar-refractivity contribution is 5.72. The van der Waals surface area contributed by atoms with Crippen molar-refractivity contribution in [2.24, 2.45) is 5.92 Å². The zero-order valence-corrected chi connectivity index (χ0v) is 31.2. The first-order chi connectivity index (χ1) is 23.8. The molecule has 0 fully saturated rings. The van der Waals surface area contributed by atoms with Crippen molar-refractivity contribution in [2.75, 3.05) is 139 Å². The summed E-state index contributed by atoms with van der Waals surface area (Å²) in [4.78, 5) is 23.6. The maximum absolute atomic E-state index is 12.0. The molecule has 0 radical (unpaired) electrons. The van der Waals surface area contributed by atoms with Crippen molar-refractivity contribution < 1.29 is 66.4 Å². The molecule has 0 aliphatic rings. The van der Waals surface area contributed by atoms with Crippen LogP contribution in [0.15, 0.2) is 0 Å². The molecule has 0 amide bonds. The Hall–Kier alpha value is -1.46. The number of hydrogen-bond donors (Lipinski definition) is 0. The summed E-state index contributed by atoms with van der Waals surface area (Å²) in [6, 6.07) is 0. The van der Waals surface area contributed by atoms with Gasteiger partial charge >= 0.3 is 11.9 Å². The Morgan fingerprint density at radius 1 is 0.469 bits per heavy atom. The lowest BCUT2D eigenvalue weighted by molar-refractivity contribution is -0.156. The topological polar surface area (TPSA) is 145 Å². The molecule has 0 saturated heterocycles. The molecular weight excluding hydrogens is 644 g/mol. The lowest BCUT2D eigenvalue weighted by Gasteiger charge is -2.19. The minimum absolute atomic E-state index is 0.00723. The van der Waals surface area contributed by atoms with E-state index in [2.05, 4.69) is 6.92 Å². The minimum atomic E-state index is -0.476. The van der Waals surface area contributed by atoms with Gasteiger partial charge in [-0.1, -0.05) is 26.7 Å². The van der Waals surface area contributed by atoms with E-state index in [4.69, 9.17) is 56.8 Å². The normalized spacial score (nSPS) is 12.3. The lowest BCUT2D eigenvalue weighted by atomic mass is 10.00. The average Bonchev–Trinajstić information content (AvgIpc) is 3.06. The predicted molar refractivity (Wildman–Crippen MR) is 183 cm³/mol. The summed E-state index contributed by atoms with van der Waals surface area (Å²) in [5.41, 5.74) is -0.476. The highest BCUT2D eigenvalue weighted by Gasteiger charge is 2.17. The molecule has 0 saturated carbocycles. The van der Waals surface area contributed by atoms with Crippen molar-refractivity contribution in [1.29, 1.82) is 0 Å². The Bertz CT molecular complexity index is 719. The van der Waals surface area contributed by atoms with Crippen molar-refractivity contribution in [1.82, 2.24) is 0 Å². The van der Waals surface area contributed by atoms with Gasteiger partial charge in [0.15, 0.2) is 0 Å². The molecule has 292 valence electrons. The number of ether oxygens (including phenoxy) is 12. The standard InChI is InChI=1S/C35H68O14/c1-6-8-9-32(7-2)34(37)48-31-30-47-29-28-46-27-26-45-25-24-44-23-22-43-21-20-42-19-18-41-17-16-40-15-14-39-13-12-38-11-10-33(36)49-35(3,4)5/h32H,6-31H2,1-5H3. The van der Waals surface area contributed by atoms with Crippen LogP contribution in [0.1, 0.15) is 66.7 Å². The van der Waals surface area contributed by atoms with Gasteiger partial charge in [0.2, 0.25) is 0 Å². The fraction of sp³-hybridized carbons (Fsp3) is 0.943. The number of carbonyl (C=O) groups is 2. The second-order valence-electron chi connectivity index (χ2n) is 11.9. The van der Waals surface area contributed by atoms with Crippen LogP contribution in [-0.4, -0.2) is 156 Å². The van der Waals surface area contributed by atoms with Gasteiger partial charge in [0, 0.05) is 0 Å². The Morgan fingerprint density at radius 3 is 1.06 bits per heavy atom. The average molecular weight is 713 g/mol.